The van der Waals surface area contributed by atoms with E-state index < -0.39 is 6.10 Å². The lowest BCUT2D eigenvalue weighted by Crippen LogP contribution is -2.47. The summed E-state index contributed by atoms with van der Waals surface area (Å²) in [6.45, 7) is 4.20. The second-order valence-electron chi connectivity index (χ2n) is 7.96. The number of rotatable bonds is 3. The van der Waals surface area contributed by atoms with Crippen LogP contribution in [0, 0.1) is 5.41 Å². The zero-order valence-corrected chi connectivity index (χ0v) is 18.1. The van der Waals surface area contributed by atoms with E-state index in [1.807, 2.05) is 29.8 Å². The molecule has 2 aliphatic rings. The molecule has 5 rings (SSSR count). The molecule has 30 heavy (non-hydrogen) atoms. The number of aromatic nitrogens is 4. The SMILES string of the molecule is C[C@@H]1OCC2(CCN(c3ncc(Sc4ccnc(N)c4Cl)c4nccn34)CC2)[C@@H]1O. The third kappa shape index (κ3) is 3.20. The van der Waals surface area contributed by atoms with E-state index in [-0.39, 0.29) is 11.5 Å². The van der Waals surface area contributed by atoms with Crippen molar-refractivity contribution in [1.82, 2.24) is 19.4 Å². The summed E-state index contributed by atoms with van der Waals surface area (Å²) in [4.78, 5) is 17.2. The van der Waals surface area contributed by atoms with Gasteiger partial charge in [0.1, 0.15) is 5.82 Å². The third-order valence-corrected chi connectivity index (χ3v) is 7.80. The minimum absolute atomic E-state index is 0.0969. The van der Waals surface area contributed by atoms with Crippen molar-refractivity contribution in [2.24, 2.45) is 5.41 Å². The number of nitrogen functional groups attached to an aromatic ring is 1. The predicted molar refractivity (Wildman–Crippen MR) is 116 cm³/mol. The molecule has 2 aliphatic heterocycles. The molecular formula is C20H23ClN6O2S. The second-order valence-corrected chi connectivity index (χ2v) is 9.43. The van der Waals surface area contributed by atoms with Crippen molar-refractivity contribution in [3.8, 4) is 0 Å². The smallest absolute Gasteiger partial charge is 0.211 e. The molecule has 0 aromatic carbocycles. The number of aliphatic hydroxyl groups excluding tert-OH is 1. The van der Waals surface area contributed by atoms with Crippen LogP contribution in [0.15, 0.2) is 40.6 Å². The largest absolute Gasteiger partial charge is 0.390 e. The number of nitrogens with two attached hydrogens (primary N) is 1. The highest BCUT2D eigenvalue weighted by atomic mass is 35.5. The Kier molecular flexibility index (Phi) is 5.01. The van der Waals surface area contributed by atoms with Crippen molar-refractivity contribution in [2.75, 3.05) is 30.3 Å². The van der Waals surface area contributed by atoms with Gasteiger partial charge in [0.25, 0.3) is 0 Å². The van der Waals surface area contributed by atoms with Crippen molar-refractivity contribution < 1.29 is 9.84 Å². The van der Waals surface area contributed by atoms with Gasteiger partial charge in [0.15, 0.2) is 5.65 Å². The summed E-state index contributed by atoms with van der Waals surface area (Å²) in [5, 5.41) is 11.0. The molecule has 1 spiro atoms. The van der Waals surface area contributed by atoms with Crippen LogP contribution in [0.2, 0.25) is 5.02 Å². The maximum Gasteiger partial charge on any atom is 0.211 e. The van der Waals surface area contributed by atoms with Gasteiger partial charge in [0.2, 0.25) is 5.95 Å². The van der Waals surface area contributed by atoms with E-state index in [0.29, 0.717) is 17.4 Å². The monoisotopic (exact) mass is 446 g/mol. The quantitative estimate of drug-likeness (QED) is 0.633. The number of fused-ring (bicyclic) bond motifs is 1. The molecule has 0 aliphatic carbocycles. The number of hydrogen-bond acceptors (Lipinski definition) is 8. The van der Waals surface area contributed by atoms with E-state index >= 15 is 0 Å². The summed E-state index contributed by atoms with van der Waals surface area (Å²) in [6.07, 6.45) is 8.41. The lowest BCUT2D eigenvalue weighted by Gasteiger charge is -2.41. The summed E-state index contributed by atoms with van der Waals surface area (Å²) in [6, 6.07) is 1.83. The van der Waals surface area contributed by atoms with Gasteiger partial charge in [-0.05, 0) is 25.8 Å². The number of pyridine rings is 1. The van der Waals surface area contributed by atoms with Gasteiger partial charge in [0, 0.05) is 48.2 Å². The Labute approximate surface area is 183 Å². The Morgan fingerprint density at radius 3 is 2.77 bits per heavy atom. The number of aliphatic hydroxyl groups is 1. The molecule has 8 nitrogen and oxygen atoms in total. The van der Waals surface area contributed by atoms with Crippen LogP contribution in [0.3, 0.4) is 0 Å². The normalized spacial score (nSPS) is 23.5. The van der Waals surface area contributed by atoms with Crippen molar-refractivity contribution in [2.45, 2.75) is 41.8 Å². The van der Waals surface area contributed by atoms with Gasteiger partial charge in [-0.3, -0.25) is 4.40 Å². The van der Waals surface area contributed by atoms with Crippen molar-refractivity contribution in [3.05, 3.63) is 35.9 Å². The maximum atomic E-state index is 10.6. The summed E-state index contributed by atoms with van der Waals surface area (Å²) >= 11 is 7.78. The number of halogens is 1. The molecule has 2 fully saturated rings. The number of imidazole rings is 1. The molecule has 0 unspecified atom stereocenters. The molecule has 2 atom stereocenters. The fourth-order valence-corrected chi connectivity index (χ4v) is 5.53. The van der Waals surface area contributed by atoms with Crippen molar-refractivity contribution in [1.29, 1.82) is 0 Å². The van der Waals surface area contributed by atoms with Gasteiger partial charge in [0.05, 0.1) is 28.7 Å². The van der Waals surface area contributed by atoms with Crippen LogP contribution >= 0.6 is 23.4 Å². The number of nitrogens with zero attached hydrogens (tertiary/aromatic N) is 5. The molecule has 5 heterocycles. The highest BCUT2D eigenvalue weighted by molar-refractivity contribution is 7.99. The zero-order chi connectivity index (χ0) is 20.9. The van der Waals surface area contributed by atoms with Gasteiger partial charge in [-0.15, -0.1) is 0 Å². The average molecular weight is 447 g/mol. The summed E-state index contributed by atoms with van der Waals surface area (Å²) in [7, 11) is 0. The minimum Gasteiger partial charge on any atom is -0.390 e. The fourth-order valence-electron chi connectivity index (χ4n) is 4.39. The van der Waals surface area contributed by atoms with E-state index in [0.717, 1.165) is 47.3 Å². The van der Waals surface area contributed by atoms with Gasteiger partial charge < -0.3 is 20.5 Å². The fraction of sp³-hybridized carbons (Fsp3) is 0.450. The van der Waals surface area contributed by atoms with E-state index in [9.17, 15) is 5.11 Å². The van der Waals surface area contributed by atoms with Crippen LogP contribution in [-0.4, -0.2) is 56.4 Å². The lowest BCUT2D eigenvalue weighted by atomic mass is 9.75. The lowest BCUT2D eigenvalue weighted by molar-refractivity contribution is 0.0249. The highest BCUT2D eigenvalue weighted by Crippen LogP contribution is 2.43. The standard InChI is InChI=1S/C20H23ClN6O2S/c1-12-16(28)20(11-29-12)3-7-26(8-4-20)19-25-10-14(18-24-6-9-27(18)19)30-13-2-5-23-17(22)15(13)21/h2,5-6,9-10,12,16,28H,3-4,7-8,11H2,1H3,(H2,22,23)/t12-,16+/m0/s1. The highest BCUT2D eigenvalue weighted by Gasteiger charge is 2.48. The van der Waals surface area contributed by atoms with Crippen LogP contribution in [0.1, 0.15) is 19.8 Å². The Hall–Kier alpha value is -2.07. The molecule has 158 valence electrons. The Bertz CT molecular complexity index is 1080. The van der Waals surface area contributed by atoms with E-state index in [2.05, 4.69) is 14.9 Å². The van der Waals surface area contributed by atoms with Crippen LogP contribution in [-0.2, 0) is 4.74 Å². The molecule has 0 radical (unpaired) electrons. The number of anilines is 2. The van der Waals surface area contributed by atoms with Gasteiger partial charge in [-0.25, -0.2) is 15.0 Å². The molecule has 2 saturated heterocycles. The van der Waals surface area contributed by atoms with Crippen LogP contribution < -0.4 is 10.6 Å². The van der Waals surface area contributed by atoms with Gasteiger partial charge in [-0.1, -0.05) is 23.4 Å². The zero-order valence-electron chi connectivity index (χ0n) is 16.5. The third-order valence-electron chi connectivity index (χ3n) is 6.22. The van der Waals surface area contributed by atoms with E-state index in [4.69, 9.17) is 27.1 Å². The van der Waals surface area contributed by atoms with Crippen LogP contribution in [0.5, 0.6) is 0 Å². The molecule has 0 bridgehead atoms. The molecule has 3 aromatic rings. The second kappa shape index (κ2) is 7.56. The summed E-state index contributed by atoms with van der Waals surface area (Å²) in [5.41, 5.74) is 6.50. The van der Waals surface area contributed by atoms with Gasteiger partial charge >= 0.3 is 0 Å². The van der Waals surface area contributed by atoms with E-state index in [1.54, 1.807) is 12.4 Å². The Morgan fingerprint density at radius 1 is 1.23 bits per heavy atom. The first-order valence-electron chi connectivity index (χ1n) is 9.93. The van der Waals surface area contributed by atoms with Gasteiger partial charge in [-0.2, -0.15) is 0 Å². The predicted octanol–water partition coefficient (Wildman–Crippen LogP) is 2.88. The topological polar surface area (TPSA) is 102 Å². The first kappa shape index (κ1) is 19.9. The molecule has 3 N–H and O–H groups in total. The van der Waals surface area contributed by atoms with Crippen LogP contribution in [0.4, 0.5) is 11.8 Å². The molecular weight excluding hydrogens is 424 g/mol. The molecule has 10 heteroatoms. The van der Waals surface area contributed by atoms with E-state index in [1.165, 1.54) is 11.8 Å². The van der Waals surface area contributed by atoms with Crippen LogP contribution in [0.25, 0.3) is 5.65 Å². The number of piperidine rings is 1. The maximum absolute atomic E-state index is 10.6. The number of hydrogen-bond donors (Lipinski definition) is 2. The Balaban J connectivity index is 1.40. The van der Waals surface area contributed by atoms with Crippen molar-refractivity contribution in [3.63, 3.8) is 0 Å². The molecule has 0 saturated carbocycles. The summed E-state index contributed by atoms with van der Waals surface area (Å²) < 4.78 is 7.72. The molecule has 3 aromatic heterocycles. The average Bonchev–Trinajstić information content (AvgIpc) is 3.35. The minimum atomic E-state index is -0.405. The first-order chi connectivity index (χ1) is 14.5. The Morgan fingerprint density at radius 2 is 2.03 bits per heavy atom. The first-order valence-corrected chi connectivity index (χ1v) is 11.1. The number of ether oxygens (including phenoxy) is 1. The van der Waals surface area contributed by atoms with Crippen molar-refractivity contribution >= 4 is 40.8 Å². The summed E-state index contributed by atoms with van der Waals surface area (Å²) in [5.74, 6) is 1.16. The molecule has 0 amide bonds.